The summed E-state index contributed by atoms with van der Waals surface area (Å²) in [6.45, 7) is 1.98. The van der Waals surface area contributed by atoms with Crippen LogP contribution in [0.15, 0.2) is 22.2 Å². The molecule has 80 valence electrons. The van der Waals surface area contributed by atoms with E-state index >= 15 is 0 Å². The van der Waals surface area contributed by atoms with Crippen molar-refractivity contribution < 1.29 is 5.11 Å². The lowest BCUT2D eigenvalue weighted by molar-refractivity contribution is 0.300. The van der Waals surface area contributed by atoms with Crippen LogP contribution in [0.4, 0.5) is 0 Å². The van der Waals surface area contributed by atoms with Crippen LogP contribution in [0.2, 0.25) is 0 Å². The molecular formula is C8H10N4O2S. The number of hydrogen-bond acceptors (Lipinski definition) is 5. The van der Waals surface area contributed by atoms with E-state index in [2.05, 4.69) is 15.2 Å². The van der Waals surface area contributed by atoms with Crippen molar-refractivity contribution in [2.45, 2.75) is 17.2 Å². The Balaban J connectivity index is 2.35. The number of nitrogens with zero attached hydrogens (tertiary/aromatic N) is 3. The van der Waals surface area contributed by atoms with Crippen LogP contribution in [0.25, 0.3) is 5.65 Å². The number of hydrogen-bond donors (Lipinski definition) is 2. The molecule has 2 aromatic heterocycles. The normalized spacial score (nSPS) is 13.2. The van der Waals surface area contributed by atoms with Gasteiger partial charge in [-0.15, -0.1) is 11.8 Å². The molecule has 0 aliphatic carbocycles. The summed E-state index contributed by atoms with van der Waals surface area (Å²) < 4.78 is 1.33. The second-order valence-corrected chi connectivity index (χ2v) is 4.55. The van der Waals surface area contributed by atoms with E-state index in [0.29, 0.717) is 5.65 Å². The fourth-order valence-electron chi connectivity index (χ4n) is 1.10. The fourth-order valence-corrected chi connectivity index (χ4v) is 1.87. The number of aliphatic hydroxyl groups excluding tert-OH is 1. The molecule has 0 spiro atoms. The first-order valence-electron chi connectivity index (χ1n) is 4.41. The predicted molar refractivity (Wildman–Crippen MR) is 56.0 cm³/mol. The highest BCUT2D eigenvalue weighted by Gasteiger charge is 2.06. The summed E-state index contributed by atoms with van der Waals surface area (Å²) in [7, 11) is 0. The summed E-state index contributed by atoms with van der Waals surface area (Å²) in [5, 5.41) is 15.9. The zero-order valence-electron chi connectivity index (χ0n) is 8.04. The SMILES string of the molecule is CC(CO)Sc1cc2n[nH]c(=O)n2cn1. The minimum Gasteiger partial charge on any atom is -0.395 e. The van der Waals surface area contributed by atoms with E-state index in [9.17, 15) is 4.79 Å². The zero-order valence-corrected chi connectivity index (χ0v) is 8.86. The maximum Gasteiger partial charge on any atom is 0.348 e. The van der Waals surface area contributed by atoms with E-state index in [1.807, 2.05) is 6.92 Å². The van der Waals surface area contributed by atoms with Gasteiger partial charge in [-0.1, -0.05) is 6.92 Å². The Bertz CT molecular complexity index is 521. The first-order valence-corrected chi connectivity index (χ1v) is 5.29. The number of aromatic nitrogens is 4. The number of aliphatic hydroxyl groups is 1. The van der Waals surface area contributed by atoms with Gasteiger partial charge in [0.2, 0.25) is 0 Å². The maximum atomic E-state index is 11.1. The molecule has 0 aromatic carbocycles. The summed E-state index contributed by atoms with van der Waals surface area (Å²) in [6.07, 6.45) is 1.42. The van der Waals surface area contributed by atoms with Gasteiger partial charge < -0.3 is 5.11 Å². The molecule has 0 bridgehead atoms. The number of fused-ring (bicyclic) bond motifs is 1. The number of aromatic amines is 1. The summed E-state index contributed by atoms with van der Waals surface area (Å²) in [4.78, 5) is 15.2. The maximum absolute atomic E-state index is 11.1. The molecule has 2 N–H and O–H groups in total. The van der Waals surface area contributed by atoms with Crippen molar-refractivity contribution in [3.8, 4) is 0 Å². The highest BCUT2D eigenvalue weighted by Crippen LogP contribution is 2.20. The zero-order chi connectivity index (χ0) is 10.8. The molecule has 0 radical (unpaired) electrons. The quantitative estimate of drug-likeness (QED) is 0.563. The van der Waals surface area contributed by atoms with Gasteiger partial charge in [0.1, 0.15) is 11.4 Å². The topological polar surface area (TPSA) is 83.3 Å². The predicted octanol–water partition coefficient (Wildman–Crippen LogP) is -0.110. The summed E-state index contributed by atoms with van der Waals surface area (Å²) in [5.41, 5.74) is 0.229. The molecule has 0 saturated heterocycles. The molecule has 0 aliphatic heterocycles. The lowest BCUT2D eigenvalue weighted by Gasteiger charge is -2.05. The molecule has 0 fully saturated rings. The largest absolute Gasteiger partial charge is 0.395 e. The molecule has 1 unspecified atom stereocenters. The van der Waals surface area contributed by atoms with E-state index < -0.39 is 0 Å². The highest BCUT2D eigenvalue weighted by molar-refractivity contribution is 7.99. The van der Waals surface area contributed by atoms with Gasteiger partial charge in [-0.25, -0.2) is 19.3 Å². The molecular weight excluding hydrogens is 216 g/mol. The van der Waals surface area contributed by atoms with Crippen LogP contribution in [0, 0.1) is 0 Å². The lowest BCUT2D eigenvalue weighted by atomic mass is 10.5. The van der Waals surface area contributed by atoms with E-state index in [1.165, 1.54) is 22.5 Å². The van der Waals surface area contributed by atoms with Gasteiger partial charge >= 0.3 is 5.69 Å². The van der Waals surface area contributed by atoms with Crippen molar-refractivity contribution in [1.82, 2.24) is 19.6 Å². The van der Waals surface area contributed by atoms with Crippen molar-refractivity contribution in [2.24, 2.45) is 0 Å². The van der Waals surface area contributed by atoms with Crippen molar-refractivity contribution in [3.05, 3.63) is 22.9 Å². The van der Waals surface area contributed by atoms with Crippen LogP contribution in [0.5, 0.6) is 0 Å². The Morgan fingerprint density at radius 2 is 2.53 bits per heavy atom. The van der Waals surface area contributed by atoms with Crippen molar-refractivity contribution in [3.63, 3.8) is 0 Å². The Labute approximate surface area is 89.4 Å². The van der Waals surface area contributed by atoms with E-state index in [4.69, 9.17) is 5.11 Å². The minimum atomic E-state index is -0.302. The molecule has 2 rings (SSSR count). The second kappa shape index (κ2) is 4.03. The standard InChI is InChI=1S/C8H10N4O2S/c1-5(3-13)15-7-2-6-10-11-8(14)12(6)4-9-7/h2,4-5,13H,3H2,1H3,(H,11,14). The molecule has 7 heteroatoms. The molecule has 0 amide bonds. The van der Waals surface area contributed by atoms with Crippen LogP contribution in [0.3, 0.4) is 0 Å². The van der Waals surface area contributed by atoms with Crippen LogP contribution in [-0.2, 0) is 0 Å². The van der Waals surface area contributed by atoms with Crippen LogP contribution in [0.1, 0.15) is 6.92 Å². The number of thioether (sulfide) groups is 1. The summed E-state index contributed by atoms with van der Waals surface area (Å²) >= 11 is 1.44. The van der Waals surface area contributed by atoms with Gasteiger partial charge in [-0.2, -0.15) is 5.10 Å². The minimum absolute atomic E-state index is 0.0746. The smallest absolute Gasteiger partial charge is 0.348 e. The van der Waals surface area contributed by atoms with Crippen molar-refractivity contribution in [2.75, 3.05) is 6.61 Å². The Kier molecular flexibility index (Phi) is 2.74. The monoisotopic (exact) mass is 226 g/mol. The van der Waals surface area contributed by atoms with Gasteiger partial charge in [0.15, 0.2) is 5.65 Å². The first-order chi connectivity index (χ1) is 7.20. The van der Waals surface area contributed by atoms with Gasteiger partial charge in [-0.05, 0) is 0 Å². The highest BCUT2D eigenvalue weighted by atomic mass is 32.2. The third-order valence-electron chi connectivity index (χ3n) is 1.86. The first kappa shape index (κ1) is 10.2. The van der Waals surface area contributed by atoms with Crippen LogP contribution < -0.4 is 5.69 Å². The van der Waals surface area contributed by atoms with Gasteiger partial charge in [0, 0.05) is 11.3 Å². The summed E-state index contributed by atoms with van der Waals surface area (Å²) in [6, 6.07) is 1.70. The Morgan fingerprint density at radius 1 is 1.73 bits per heavy atom. The molecule has 2 heterocycles. The number of H-pyrrole nitrogens is 1. The molecule has 6 nitrogen and oxygen atoms in total. The van der Waals surface area contributed by atoms with Gasteiger partial charge in [0.25, 0.3) is 0 Å². The van der Waals surface area contributed by atoms with E-state index in [-0.39, 0.29) is 17.5 Å². The van der Waals surface area contributed by atoms with Crippen molar-refractivity contribution in [1.29, 1.82) is 0 Å². The number of rotatable bonds is 3. The molecule has 15 heavy (non-hydrogen) atoms. The lowest BCUT2D eigenvalue weighted by Crippen LogP contribution is -2.09. The second-order valence-electron chi connectivity index (χ2n) is 3.10. The third-order valence-corrected chi connectivity index (χ3v) is 2.88. The summed E-state index contributed by atoms with van der Waals surface area (Å²) in [5.74, 6) is 0. The average molecular weight is 226 g/mol. The average Bonchev–Trinajstić information content (AvgIpc) is 2.60. The Morgan fingerprint density at radius 3 is 3.27 bits per heavy atom. The number of nitrogens with one attached hydrogen (secondary N) is 1. The Hall–Kier alpha value is -1.34. The molecule has 0 aliphatic rings. The molecule has 1 atom stereocenters. The van der Waals surface area contributed by atoms with Crippen molar-refractivity contribution >= 4 is 17.4 Å². The third kappa shape index (κ3) is 2.02. The fraction of sp³-hybridized carbons (Fsp3) is 0.375. The van der Waals surface area contributed by atoms with Crippen LogP contribution in [-0.4, -0.2) is 36.5 Å². The van der Waals surface area contributed by atoms with E-state index in [0.717, 1.165) is 5.03 Å². The van der Waals surface area contributed by atoms with E-state index in [1.54, 1.807) is 6.07 Å². The van der Waals surface area contributed by atoms with Gasteiger partial charge in [-0.3, -0.25) is 0 Å². The molecule has 0 saturated carbocycles. The molecule has 2 aromatic rings. The van der Waals surface area contributed by atoms with Gasteiger partial charge in [0.05, 0.1) is 6.61 Å². The van der Waals surface area contributed by atoms with Crippen LogP contribution >= 0.6 is 11.8 Å².